The van der Waals surface area contributed by atoms with Crippen molar-refractivity contribution < 1.29 is 33.8 Å². The van der Waals surface area contributed by atoms with Crippen molar-refractivity contribution in [2.24, 2.45) is 0 Å². The Morgan fingerprint density at radius 3 is 2.47 bits per heavy atom. The van der Waals surface area contributed by atoms with Gasteiger partial charge in [0.25, 0.3) is 5.91 Å². The van der Waals surface area contributed by atoms with E-state index < -0.39 is 48.7 Å². The number of nitrogens with one attached hydrogen (secondary N) is 2. The number of cyclic esters (lactones) is 1. The van der Waals surface area contributed by atoms with Gasteiger partial charge in [-0.25, -0.2) is 0 Å². The summed E-state index contributed by atoms with van der Waals surface area (Å²) >= 11 is 0. The minimum atomic E-state index is -0.962. The predicted molar refractivity (Wildman–Crippen MR) is 129 cm³/mol. The van der Waals surface area contributed by atoms with Crippen LogP contribution in [0.15, 0.2) is 54.6 Å². The second-order valence-electron chi connectivity index (χ2n) is 8.45. The Morgan fingerprint density at radius 2 is 1.78 bits per heavy atom. The van der Waals surface area contributed by atoms with Crippen molar-refractivity contribution >= 4 is 35.1 Å². The van der Waals surface area contributed by atoms with Crippen LogP contribution in [0.4, 0.5) is 11.4 Å². The molecule has 1 saturated heterocycles. The van der Waals surface area contributed by atoms with Crippen LogP contribution in [0.3, 0.4) is 0 Å². The molecule has 3 atom stereocenters. The van der Waals surface area contributed by atoms with Crippen LogP contribution in [0, 0.1) is 0 Å². The average Bonchev–Trinajstić information content (AvgIpc) is 3.19. The number of amides is 3. The lowest BCUT2D eigenvalue weighted by Gasteiger charge is -2.26. The van der Waals surface area contributed by atoms with Crippen molar-refractivity contribution in [3.8, 4) is 0 Å². The van der Waals surface area contributed by atoms with E-state index in [0.29, 0.717) is 11.4 Å². The van der Waals surface area contributed by atoms with E-state index in [9.17, 15) is 24.3 Å². The molecule has 3 amide bonds. The van der Waals surface area contributed by atoms with Gasteiger partial charge in [-0.05, 0) is 24.7 Å². The zero-order chi connectivity index (χ0) is 25.7. The van der Waals surface area contributed by atoms with E-state index in [1.807, 2.05) is 30.3 Å². The van der Waals surface area contributed by atoms with Crippen LogP contribution in [0.5, 0.6) is 0 Å². The summed E-state index contributed by atoms with van der Waals surface area (Å²) in [7, 11) is 1.58. The van der Waals surface area contributed by atoms with E-state index in [4.69, 9.17) is 9.47 Å². The summed E-state index contributed by atoms with van der Waals surface area (Å²) in [6.45, 7) is -0.892. The lowest BCUT2D eigenvalue weighted by molar-refractivity contribution is -0.168. The zero-order valence-corrected chi connectivity index (χ0v) is 19.8. The SMILES string of the molecule is CN[C@H]1CN(C(=O)CO)c2ccccc2N(CC(=O)N[C@H]2CC(=O)OC2OCc2ccccc2)C1=O. The lowest BCUT2D eigenvalue weighted by atomic mass is 10.2. The highest BCUT2D eigenvalue weighted by Crippen LogP contribution is 2.32. The maximum absolute atomic E-state index is 13.3. The number of aliphatic hydroxyl groups is 1. The summed E-state index contributed by atoms with van der Waals surface area (Å²) in [4.78, 5) is 53.3. The Labute approximate surface area is 208 Å². The molecule has 2 aromatic rings. The second-order valence-corrected chi connectivity index (χ2v) is 8.45. The third kappa shape index (κ3) is 5.54. The van der Waals surface area contributed by atoms with Gasteiger partial charge in [-0.2, -0.15) is 0 Å². The second kappa shape index (κ2) is 11.3. The maximum Gasteiger partial charge on any atom is 0.310 e. The van der Waals surface area contributed by atoms with Crippen LogP contribution in [0.1, 0.15) is 12.0 Å². The highest BCUT2D eigenvalue weighted by molar-refractivity contribution is 6.09. The molecule has 0 spiro atoms. The highest BCUT2D eigenvalue weighted by atomic mass is 16.7. The predicted octanol–water partition coefficient (Wildman–Crippen LogP) is -0.0789. The van der Waals surface area contributed by atoms with Crippen LogP contribution < -0.4 is 20.4 Å². The van der Waals surface area contributed by atoms with Gasteiger partial charge in [-0.3, -0.25) is 24.1 Å². The molecule has 2 aromatic carbocycles. The molecule has 0 aliphatic carbocycles. The Bertz CT molecular complexity index is 1130. The molecule has 4 rings (SSSR count). The molecule has 2 heterocycles. The fourth-order valence-corrected chi connectivity index (χ4v) is 4.24. The third-order valence-electron chi connectivity index (χ3n) is 6.05. The summed E-state index contributed by atoms with van der Waals surface area (Å²) in [5.41, 5.74) is 1.64. The number of aliphatic hydroxyl groups excluding tert-OH is 1. The van der Waals surface area contributed by atoms with Gasteiger partial charge >= 0.3 is 5.97 Å². The van der Waals surface area contributed by atoms with Gasteiger partial charge in [0.15, 0.2) is 0 Å². The highest BCUT2D eigenvalue weighted by Gasteiger charge is 2.39. The first-order chi connectivity index (χ1) is 17.4. The molecule has 190 valence electrons. The molecule has 1 unspecified atom stereocenters. The lowest BCUT2D eigenvalue weighted by Crippen LogP contribution is -2.53. The monoisotopic (exact) mass is 496 g/mol. The number of para-hydroxylation sites is 2. The Kier molecular flexibility index (Phi) is 7.93. The van der Waals surface area contributed by atoms with Gasteiger partial charge < -0.3 is 30.1 Å². The Hall–Kier alpha value is -3.80. The van der Waals surface area contributed by atoms with Crippen LogP contribution in [-0.4, -0.2) is 73.9 Å². The molecular formula is C25H28N4O7. The van der Waals surface area contributed by atoms with E-state index in [1.165, 1.54) is 9.80 Å². The molecule has 3 N–H and O–H groups in total. The van der Waals surface area contributed by atoms with Gasteiger partial charge in [-0.1, -0.05) is 42.5 Å². The number of likely N-dealkylation sites (N-methyl/N-ethyl adjacent to an activating group) is 1. The van der Waals surface area contributed by atoms with Gasteiger partial charge in [0.1, 0.15) is 25.2 Å². The van der Waals surface area contributed by atoms with Crippen LogP contribution in [-0.2, 0) is 35.3 Å². The molecular weight excluding hydrogens is 468 g/mol. The van der Waals surface area contributed by atoms with Crippen molar-refractivity contribution in [2.75, 3.05) is 36.5 Å². The van der Waals surface area contributed by atoms with Crippen molar-refractivity contribution in [2.45, 2.75) is 31.4 Å². The number of nitrogens with zero attached hydrogens (tertiary/aromatic N) is 2. The van der Waals surface area contributed by atoms with E-state index in [-0.39, 0.29) is 26.1 Å². The van der Waals surface area contributed by atoms with Gasteiger partial charge in [0.05, 0.1) is 30.9 Å². The topological polar surface area (TPSA) is 138 Å². The molecule has 0 bridgehead atoms. The third-order valence-corrected chi connectivity index (χ3v) is 6.05. The molecule has 0 saturated carbocycles. The minimum Gasteiger partial charge on any atom is -0.433 e. The van der Waals surface area contributed by atoms with E-state index in [2.05, 4.69) is 10.6 Å². The van der Waals surface area contributed by atoms with Crippen molar-refractivity contribution in [3.05, 3.63) is 60.2 Å². The summed E-state index contributed by atoms with van der Waals surface area (Å²) in [5.74, 6) is -2.00. The molecule has 0 aromatic heterocycles. The van der Waals surface area contributed by atoms with Gasteiger partial charge in [-0.15, -0.1) is 0 Å². The summed E-state index contributed by atoms with van der Waals surface area (Å²) < 4.78 is 11.0. The summed E-state index contributed by atoms with van der Waals surface area (Å²) in [6.07, 6.45) is -1.02. The summed E-state index contributed by atoms with van der Waals surface area (Å²) in [6, 6.07) is 14.5. The van der Waals surface area contributed by atoms with Gasteiger partial charge in [0, 0.05) is 0 Å². The van der Waals surface area contributed by atoms with Gasteiger partial charge in [0.2, 0.25) is 18.1 Å². The molecule has 1 fully saturated rings. The number of carbonyl (C=O) groups excluding carboxylic acids is 4. The van der Waals surface area contributed by atoms with Crippen molar-refractivity contribution in [3.63, 3.8) is 0 Å². The first-order valence-corrected chi connectivity index (χ1v) is 11.5. The van der Waals surface area contributed by atoms with Crippen LogP contribution >= 0.6 is 0 Å². The number of anilines is 2. The largest absolute Gasteiger partial charge is 0.433 e. The maximum atomic E-state index is 13.3. The first kappa shape index (κ1) is 25.3. The number of hydrogen-bond acceptors (Lipinski definition) is 8. The molecule has 36 heavy (non-hydrogen) atoms. The number of benzene rings is 2. The Balaban J connectivity index is 1.50. The normalized spacial score (nSPS) is 21.6. The minimum absolute atomic E-state index is 0.00970. The first-order valence-electron chi connectivity index (χ1n) is 11.5. The van der Waals surface area contributed by atoms with Crippen molar-refractivity contribution in [1.29, 1.82) is 0 Å². The average molecular weight is 497 g/mol. The molecule has 11 heteroatoms. The van der Waals surface area contributed by atoms with E-state index >= 15 is 0 Å². The van der Waals surface area contributed by atoms with Crippen LogP contribution in [0.2, 0.25) is 0 Å². The van der Waals surface area contributed by atoms with E-state index in [0.717, 1.165) is 5.56 Å². The fourth-order valence-electron chi connectivity index (χ4n) is 4.24. The smallest absolute Gasteiger partial charge is 0.310 e. The summed E-state index contributed by atoms with van der Waals surface area (Å²) in [5, 5.41) is 15.1. The molecule has 2 aliphatic heterocycles. The number of fused-ring (bicyclic) bond motifs is 1. The van der Waals surface area contributed by atoms with Crippen LogP contribution in [0.25, 0.3) is 0 Å². The number of rotatable bonds is 8. The molecule has 2 aliphatic rings. The fraction of sp³-hybridized carbons (Fsp3) is 0.360. The number of hydrogen-bond donors (Lipinski definition) is 3. The van der Waals surface area contributed by atoms with E-state index in [1.54, 1.807) is 31.3 Å². The molecule has 0 radical (unpaired) electrons. The quantitative estimate of drug-likeness (QED) is 0.432. The number of esters is 1. The zero-order valence-electron chi connectivity index (χ0n) is 19.8. The Morgan fingerprint density at radius 1 is 1.08 bits per heavy atom. The van der Waals surface area contributed by atoms with Crippen molar-refractivity contribution in [1.82, 2.24) is 10.6 Å². The standard InChI is InChI=1S/C25H28N4O7/c1-26-18-12-28(22(32)14-30)19-9-5-6-10-20(19)29(24(18)34)13-21(31)27-17-11-23(33)36-25(17)35-15-16-7-3-2-4-8-16/h2-10,17-18,25-26,30H,11-15H2,1H3,(H,27,31)/t17-,18-,25?/m0/s1. The number of carbonyl (C=O) groups is 4. The molecule has 11 nitrogen and oxygen atoms in total. The number of ether oxygens (including phenoxy) is 2.